The summed E-state index contributed by atoms with van der Waals surface area (Å²) < 4.78 is 16.8. The fraction of sp³-hybridized carbons (Fsp3) is 0.294. The van der Waals surface area contributed by atoms with Crippen molar-refractivity contribution in [2.45, 2.75) is 46.1 Å². The van der Waals surface area contributed by atoms with E-state index < -0.39 is 0 Å². The third-order valence-electron chi connectivity index (χ3n) is 8.36. The molecule has 9 heteroatoms. The van der Waals surface area contributed by atoms with Crippen LogP contribution in [0.4, 0.5) is 16.0 Å². The van der Waals surface area contributed by atoms with Crippen molar-refractivity contribution in [3.05, 3.63) is 99.4 Å². The number of hydrogen-bond donors (Lipinski definition) is 1. The van der Waals surface area contributed by atoms with Gasteiger partial charge in [0, 0.05) is 51.9 Å². The average Bonchev–Trinajstić information content (AvgIpc) is 3.01. The number of benzene rings is 2. The molecule has 43 heavy (non-hydrogen) atoms. The lowest BCUT2D eigenvalue weighted by atomic mass is 9.89. The molecule has 1 saturated heterocycles. The normalized spacial score (nSPS) is 14.3. The molecule has 0 amide bonds. The van der Waals surface area contributed by atoms with Crippen molar-refractivity contribution in [1.29, 1.82) is 0 Å². The second-order valence-electron chi connectivity index (χ2n) is 11.0. The van der Waals surface area contributed by atoms with Crippen molar-refractivity contribution in [3.63, 3.8) is 0 Å². The van der Waals surface area contributed by atoms with E-state index in [2.05, 4.69) is 32.1 Å². The number of piperidine rings is 1. The van der Waals surface area contributed by atoms with Crippen LogP contribution in [0.25, 0.3) is 33.3 Å². The molecular formula is C34H34ClFN6O. The highest BCUT2D eigenvalue weighted by Crippen LogP contribution is 2.33. The van der Waals surface area contributed by atoms with E-state index in [4.69, 9.17) is 11.6 Å². The van der Waals surface area contributed by atoms with Gasteiger partial charge in [-0.3, -0.25) is 14.3 Å². The number of nitrogens with one attached hydrogen (secondary N) is 1. The molecule has 0 saturated carbocycles. The zero-order valence-corrected chi connectivity index (χ0v) is 25.3. The largest absolute Gasteiger partial charge is 0.324 e. The Morgan fingerprint density at radius 3 is 2.44 bits per heavy atom. The van der Waals surface area contributed by atoms with Gasteiger partial charge in [0.05, 0.1) is 0 Å². The highest BCUT2D eigenvalue weighted by molar-refractivity contribution is 6.33. The van der Waals surface area contributed by atoms with Crippen LogP contribution in [0.2, 0.25) is 5.02 Å². The second-order valence-corrected chi connectivity index (χ2v) is 11.4. The van der Waals surface area contributed by atoms with Gasteiger partial charge in [-0.1, -0.05) is 36.7 Å². The average molecular weight is 597 g/mol. The minimum absolute atomic E-state index is 0.196. The summed E-state index contributed by atoms with van der Waals surface area (Å²) in [7, 11) is 0. The SMILES string of the molecule is CCN1CCC(c2ccc(Nc3ncc4cc(-c5ccc(-c6ccnc(C)c6)cc5Cl)c(=O)n(CC)c4n3)cc2F)CC1. The number of likely N-dealkylation sites (tertiary alicyclic amines) is 1. The zero-order chi connectivity index (χ0) is 30.1. The topological polar surface area (TPSA) is 75.9 Å². The first-order valence-corrected chi connectivity index (χ1v) is 15.1. The van der Waals surface area contributed by atoms with E-state index in [9.17, 15) is 4.79 Å². The van der Waals surface area contributed by atoms with Crippen LogP contribution in [-0.2, 0) is 6.54 Å². The summed E-state index contributed by atoms with van der Waals surface area (Å²) >= 11 is 6.74. The molecular weight excluding hydrogens is 563 g/mol. The summed E-state index contributed by atoms with van der Waals surface area (Å²) in [5.74, 6) is 0.296. The molecule has 0 radical (unpaired) electrons. The highest BCUT2D eigenvalue weighted by Gasteiger charge is 2.22. The van der Waals surface area contributed by atoms with Gasteiger partial charge in [0.25, 0.3) is 5.56 Å². The molecule has 5 aromatic rings. The molecule has 0 spiro atoms. The van der Waals surface area contributed by atoms with Crippen LogP contribution in [-0.4, -0.2) is 44.1 Å². The van der Waals surface area contributed by atoms with E-state index in [0.29, 0.717) is 45.4 Å². The molecule has 7 nitrogen and oxygen atoms in total. The van der Waals surface area contributed by atoms with Crippen LogP contribution < -0.4 is 10.9 Å². The second kappa shape index (κ2) is 12.2. The van der Waals surface area contributed by atoms with Gasteiger partial charge < -0.3 is 10.2 Å². The van der Waals surface area contributed by atoms with Gasteiger partial charge in [-0.15, -0.1) is 0 Å². The fourth-order valence-corrected chi connectivity index (χ4v) is 6.25. The van der Waals surface area contributed by atoms with E-state index in [1.54, 1.807) is 23.0 Å². The molecule has 1 aliphatic heterocycles. The molecule has 4 heterocycles. The first kappa shape index (κ1) is 29.0. The molecule has 1 aliphatic rings. The van der Waals surface area contributed by atoms with Crippen molar-refractivity contribution in [2.24, 2.45) is 0 Å². The van der Waals surface area contributed by atoms with Gasteiger partial charge >= 0.3 is 0 Å². The zero-order valence-electron chi connectivity index (χ0n) is 24.6. The van der Waals surface area contributed by atoms with Gasteiger partial charge in [-0.05, 0) is 105 Å². The van der Waals surface area contributed by atoms with Crippen LogP contribution in [0.5, 0.6) is 0 Å². The van der Waals surface area contributed by atoms with Crippen LogP contribution in [0, 0.1) is 12.7 Å². The standard InChI is InChI=1S/C34H34ClFN6O/c1-4-41-14-11-22(12-15-41)27-9-7-26(19-31(27)36)39-34-38-20-25-17-29(33(43)42(5-2)32(25)40-34)28-8-6-23(18-30(28)35)24-10-13-37-21(3)16-24/h6-10,13,16-20,22H,4-5,11-12,14-15H2,1-3H3,(H,38,39,40). The molecule has 1 N–H and O–H groups in total. The van der Waals surface area contributed by atoms with E-state index in [-0.39, 0.29) is 17.3 Å². The fourth-order valence-electron chi connectivity index (χ4n) is 5.97. The number of halogens is 2. The Hall–Kier alpha value is -4.14. The maximum absolute atomic E-state index is 15.2. The summed E-state index contributed by atoms with van der Waals surface area (Å²) in [5, 5.41) is 4.30. The van der Waals surface area contributed by atoms with E-state index in [1.165, 1.54) is 6.07 Å². The Morgan fingerprint density at radius 2 is 1.74 bits per heavy atom. The number of fused-ring (bicyclic) bond motifs is 1. The van der Waals surface area contributed by atoms with Crippen molar-refractivity contribution >= 4 is 34.3 Å². The lowest BCUT2D eigenvalue weighted by Crippen LogP contribution is -2.32. The predicted octanol–water partition coefficient (Wildman–Crippen LogP) is 7.58. The smallest absolute Gasteiger partial charge is 0.260 e. The third kappa shape index (κ3) is 5.90. The summed E-state index contributed by atoms with van der Waals surface area (Å²) in [6.45, 7) is 9.43. The Bertz CT molecular complexity index is 1860. The Morgan fingerprint density at radius 1 is 0.953 bits per heavy atom. The first-order chi connectivity index (χ1) is 20.8. The molecule has 3 aromatic heterocycles. The van der Waals surface area contributed by atoms with Crippen molar-refractivity contribution in [3.8, 4) is 22.3 Å². The lowest BCUT2D eigenvalue weighted by molar-refractivity contribution is 0.220. The molecule has 220 valence electrons. The Balaban J connectivity index is 1.28. The van der Waals surface area contributed by atoms with Crippen LogP contribution in [0.1, 0.15) is 43.9 Å². The lowest BCUT2D eigenvalue weighted by Gasteiger charge is -2.31. The number of nitrogens with zero attached hydrogens (tertiary/aromatic N) is 5. The van der Waals surface area contributed by atoms with Crippen molar-refractivity contribution in [2.75, 3.05) is 25.0 Å². The van der Waals surface area contributed by atoms with E-state index >= 15 is 4.39 Å². The Kier molecular flexibility index (Phi) is 8.23. The molecule has 6 rings (SSSR count). The monoisotopic (exact) mass is 596 g/mol. The maximum Gasteiger partial charge on any atom is 0.260 e. The van der Waals surface area contributed by atoms with E-state index in [0.717, 1.165) is 54.9 Å². The molecule has 0 bridgehead atoms. The third-order valence-corrected chi connectivity index (χ3v) is 8.68. The number of aryl methyl sites for hydroxylation is 2. The van der Waals surface area contributed by atoms with Gasteiger partial charge in [0.1, 0.15) is 11.5 Å². The number of hydrogen-bond acceptors (Lipinski definition) is 6. The van der Waals surface area contributed by atoms with Crippen molar-refractivity contribution in [1.82, 2.24) is 24.4 Å². The number of rotatable bonds is 7. The van der Waals surface area contributed by atoms with Crippen LogP contribution in [0.15, 0.2) is 71.8 Å². The van der Waals surface area contributed by atoms with Crippen LogP contribution >= 0.6 is 11.6 Å². The van der Waals surface area contributed by atoms with Gasteiger partial charge in [-0.2, -0.15) is 4.98 Å². The summed E-state index contributed by atoms with van der Waals surface area (Å²) in [6, 6.07) is 16.6. The number of pyridine rings is 2. The van der Waals surface area contributed by atoms with Gasteiger partial charge in [-0.25, -0.2) is 9.37 Å². The Labute approximate surface area is 255 Å². The highest BCUT2D eigenvalue weighted by atomic mass is 35.5. The summed E-state index contributed by atoms with van der Waals surface area (Å²) in [4.78, 5) is 29.5. The quantitative estimate of drug-likeness (QED) is 0.209. The number of aromatic nitrogens is 4. The minimum atomic E-state index is -0.224. The van der Waals surface area contributed by atoms with Crippen molar-refractivity contribution < 1.29 is 4.39 Å². The molecule has 2 aromatic carbocycles. The van der Waals surface area contributed by atoms with Crippen LogP contribution in [0.3, 0.4) is 0 Å². The molecule has 0 unspecified atom stereocenters. The molecule has 1 fully saturated rings. The van der Waals surface area contributed by atoms with Gasteiger partial charge in [0.2, 0.25) is 5.95 Å². The molecule has 0 atom stereocenters. The minimum Gasteiger partial charge on any atom is -0.324 e. The number of anilines is 2. The molecule has 0 aliphatic carbocycles. The summed E-state index contributed by atoms with van der Waals surface area (Å²) in [6.07, 6.45) is 5.36. The predicted molar refractivity (Wildman–Crippen MR) is 172 cm³/mol. The van der Waals surface area contributed by atoms with Gasteiger partial charge in [0.15, 0.2) is 0 Å². The summed E-state index contributed by atoms with van der Waals surface area (Å²) in [5.41, 5.74) is 5.60. The maximum atomic E-state index is 15.2. The first-order valence-electron chi connectivity index (χ1n) is 14.8. The van der Waals surface area contributed by atoms with E-state index in [1.807, 2.05) is 56.3 Å².